The number of nitrogens with zero attached hydrogens (tertiary/aromatic N) is 5. The normalized spacial score (nSPS) is 21.4. The fraction of sp³-hybridized carbons (Fsp3) is 0.529. The quantitative estimate of drug-likeness (QED) is 0.931. The molecule has 2 aromatic rings. The predicted octanol–water partition coefficient (Wildman–Crippen LogP) is 2.75. The summed E-state index contributed by atoms with van der Waals surface area (Å²) in [7, 11) is 0. The molecule has 1 aliphatic heterocycles. The Morgan fingerprint density at radius 3 is 2.75 bits per heavy atom. The highest BCUT2D eigenvalue weighted by molar-refractivity contribution is 5.44. The maximum atomic E-state index is 14.9. The minimum Gasteiger partial charge on any atom is -0.365 e. The zero-order valence-corrected chi connectivity index (χ0v) is 13.5. The van der Waals surface area contributed by atoms with Gasteiger partial charge in [-0.15, -0.1) is 0 Å². The highest BCUT2D eigenvalue weighted by Gasteiger charge is 2.29. The van der Waals surface area contributed by atoms with Crippen LogP contribution in [0.1, 0.15) is 43.7 Å². The van der Waals surface area contributed by atoms with Crippen molar-refractivity contribution in [2.45, 2.75) is 44.1 Å². The smallest absolute Gasteiger partial charge is 0.187 e. The van der Waals surface area contributed by atoms with Crippen LogP contribution in [-0.2, 0) is 0 Å². The molecule has 1 N–H and O–H groups in total. The van der Waals surface area contributed by atoms with Gasteiger partial charge in [-0.25, -0.2) is 24.3 Å². The maximum Gasteiger partial charge on any atom is 0.187 e. The van der Waals surface area contributed by atoms with Gasteiger partial charge in [0.05, 0.1) is 5.69 Å². The number of hydrogen-bond donors (Lipinski definition) is 1. The molecule has 2 fully saturated rings. The number of aromatic nitrogens is 4. The second-order valence-corrected chi connectivity index (χ2v) is 6.55. The summed E-state index contributed by atoms with van der Waals surface area (Å²) >= 11 is 0. The Balaban J connectivity index is 1.50. The highest BCUT2D eigenvalue weighted by Crippen LogP contribution is 2.38. The molecule has 1 saturated heterocycles. The molecule has 0 bridgehead atoms. The van der Waals surface area contributed by atoms with Crippen LogP contribution in [0.15, 0.2) is 24.9 Å². The van der Waals surface area contributed by atoms with Crippen LogP contribution < -0.4 is 10.2 Å². The van der Waals surface area contributed by atoms with Gasteiger partial charge in [-0.1, -0.05) is 6.42 Å². The third kappa shape index (κ3) is 3.02. The lowest BCUT2D eigenvalue weighted by Crippen LogP contribution is -2.43. The van der Waals surface area contributed by atoms with E-state index in [1.165, 1.54) is 12.7 Å². The Hall–Kier alpha value is -2.31. The van der Waals surface area contributed by atoms with Crippen molar-refractivity contribution in [2.24, 2.45) is 0 Å². The van der Waals surface area contributed by atoms with Gasteiger partial charge < -0.3 is 10.2 Å². The SMILES string of the molecule is Fc1c(C2CCC2)ncnc1N1CCCC(Nc2ccncn2)C1. The molecule has 0 radical (unpaired) electrons. The fourth-order valence-corrected chi connectivity index (χ4v) is 3.43. The third-order valence-corrected chi connectivity index (χ3v) is 4.94. The largest absolute Gasteiger partial charge is 0.365 e. The average Bonchev–Trinajstić information content (AvgIpc) is 2.56. The van der Waals surface area contributed by atoms with Crippen LogP contribution in [-0.4, -0.2) is 39.1 Å². The van der Waals surface area contributed by atoms with Crippen molar-refractivity contribution in [3.05, 3.63) is 36.4 Å². The van der Waals surface area contributed by atoms with Crippen molar-refractivity contribution < 1.29 is 4.39 Å². The zero-order chi connectivity index (χ0) is 16.4. The molecule has 6 nitrogen and oxygen atoms in total. The molecular formula is C17H21FN6. The number of hydrogen-bond acceptors (Lipinski definition) is 6. The van der Waals surface area contributed by atoms with Crippen LogP contribution in [0.2, 0.25) is 0 Å². The summed E-state index contributed by atoms with van der Waals surface area (Å²) in [5.41, 5.74) is 0.595. The maximum absolute atomic E-state index is 14.9. The molecule has 126 valence electrons. The van der Waals surface area contributed by atoms with Gasteiger partial charge >= 0.3 is 0 Å². The Morgan fingerprint density at radius 1 is 1.08 bits per heavy atom. The first kappa shape index (κ1) is 15.2. The number of rotatable bonds is 4. The number of piperidine rings is 1. The third-order valence-electron chi connectivity index (χ3n) is 4.94. The highest BCUT2D eigenvalue weighted by atomic mass is 19.1. The number of halogens is 1. The van der Waals surface area contributed by atoms with Crippen LogP contribution in [0.3, 0.4) is 0 Å². The summed E-state index contributed by atoms with van der Waals surface area (Å²) < 4.78 is 14.9. The van der Waals surface area contributed by atoms with Crippen LogP contribution in [0, 0.1) is 5.82 Å². The number of anilines is 2. The molecule has 0 aromatic carbocycles. The summed E-state index contributed by atoms with van der Waals surface area (Å²) in [6.07, 6.45) is 10.00. The van der Waals surface area contributed by atoms with E-state index in [1.807, 2.05) is 11.0 Å². The van der Waals surface area contributed by atoms with Gasteiger partial charge in [0.1, 0.15) is 18.5 Å². The Morgan fingerprint density at radius 2 is 2.00 bits per heavy atom. The van der Waals surface area contributed by atoms with E-state index in [1.54, 1.807) is 6.20 Å². The Kier molecular flexibility index (Phi) is 4.23. The van der Waals surface area contributed by atoms with Crippen LogP contribution in [0.4, 0.5) is 16.0 Å². The van der Waals surface area contributed by atoms with Gasteiger partial charge in [-0.3, -0.25) is 0 Å². The first-order valence-electron chi connectivity index (χ1n) is 8.59. The number of nitrogens with one attached hydrogen (secondary N) is 1. The van der Waals surface area contributed by atoms with E-state index in [0.717, 1.165) is 44.5 Å². The van der Waals surface area contributed by atoms with Gasteiger partial charge in [0.25, 0.3) is 0 Å². The van der Waals surface area contributed by atoms with Gasteiger partial charge in [-0.2, -0.15) is 0 Å². The first-order valence-corrected chi connectivity index (χ1v) is 8.59. The second kappa shape index (κ2) is 6.67. The molecule has 3 heterocycles. The van der Waals surface area contributed by atoms with Crippen molar-refractivity contribution in [2.75, 3.05) is 23.3 Å². The van der Waals surface area contributed by atoms with Crippen molar-refractivity contribution in [3.8, 4) is 0 Å². The summed E-state index contributed by atoms with van der Waals surface area (Å²) in [6.45, 7) is 1.53. The molecule has 7 heteroatoms. The minimum absolute atomic E-state index is 0.218. The van der Waals surface area contributed by atoms with Crippen molar-refractivity contribution in [1.29, 1.82) is 0 Å². The zero-order valence-electron chi connectivity index (χ0n) is 13.5. The lowest BCUT2D eigenvalue weighted by molar-refractivity contribution is 0.391. The first-order chi connectivity index (χ1) is 11.8. The van der Waals surface area contributed by atoms with Crippen molar-refractivity contribution in [1.82, 2.24) is 19.9 Å². The molecule has 0 amide bonds. The summed E-state index contributed by atoms with van der Waals surface area (Å²) in [5.74, 6) is 1.28. The second-order valence-electron chi connectivity index (χ2n) is 6.55. The van der Waals surface area contributed by atoms with Crippen LogP contribution in [0.25, 0.3) is 0 Å². The van der Waals surface area contributed by atoms with E-state index in [9.17, 15) is 4.39 Å². The summed E-state index contributed by atoms with van der Waals surface area (Å²) in [6, 6.07) is 2.06. The van der Waals surface area contributed by atoms with Crippen LogP contribution >= 0.6 is 0 Å². The molecule has 2 aromatic heterocycles. The fourth-order valence-electron chi connectivity index (χ4n) is 3.43. The summed E-state index contributed by atoms with van der Waals surface area (Å²) in [4.78, 5) is 18.6. The lowest BCUT2D eigenvalue weighted by atomic mass is 9.82. The molecule has 1 aliphatic carbocycles. The van der Waals surface area contributed by atoms with E-state index < -0.39 is 0 Å². The molecule has 1 unspecified atom stereocenters. The van der Waals surface area contributed by atoms with E-state index >= 15 is 0 Å². The van der Waals surface area contributed by atoms with Gasteiger partial charge in [0, 0.05) is 31.2 Å². The summed E-state index contributed by atoms with van der Waals surface area (Å²) in [5, 5.41) is 3.40. The lowest BCUT2D eigenvalue weighted by Gasteiger charge is -2.35. The Bertz CT molecular complexity index is 691. The van der Waals surface area contributed by atoms with Crippen molar-refractivity contribution >= 4 is 11.6 Å². The molecule has 4 rings (SSSR count). The molecule has 1 saturated carbocycles. The molecule has 0 spiro atoms. The van der Waals surface area contributed by atoms with Gasteiger partial charge in [0.2, 0.25) is 0 Å². The monoisotopic (exact) mass is 328 g/mol. The molecule has 24 heavy (non-hydrogen) atoms. The van der Waals surface area contributed by atoms with E-state index in [-0.39, 0.29) is 17.8 Å². The molecule has 2 aliphatic rings. The van der Waals surface area contributed by atoms with Crippen LogP contribution in [0.5, 0.6) is 0 Å². The van der Waals surface area contributed by atoms with Crippen molar-refractivity contribution in [3.63, 3.8) is 0 Å². The Labute approximate surface area is 140 Å². The average molecular weight is 328 g/mol. The topological polar surface area (TPSA) is 66.8 Å². The minimum atomic E-state index is -0.232. The molecular weight excluding hydrogens is 307 g/mol. The molecule has 1 atom stereocenters. The van der Waals surface area contributed by atoms with E-state index in [0.29, 0.717) is 18.1 Å². The van der Waals surface area contributed by atoms with E-state index in [4.69, 9.17) is 0 Å². The van der Waals surface area contributed by atoms with Gasteiger partial charge in [-0.05, 0) is 31.7 Å². The van der Waals surface area contributed by atoms with E-state index in [2.05, 4.69) is 25.3 Å². The standard InChI is InChI=1S/C17H21FN6/c18-15-16(12-3-1-4-12)21-11-22-17(15)24-8-2-5-13(9-24)23-14-6-7-19-10-20-14/h6-7,10-13H,1-5,8-9H2,(H,19,20,23). The van der Waals surface area contributed by atoms with Gasteiger partial charge in [0.15, 0.2) is 11.6 Å². The predicted molar refractivity (Wildman–Crippen MR) is 89.5 cm³/mol.